The van der Waals surface area contributed by atoms with Crippen molar-refractivity contribution >= 4 is 28.5 Å². The first-order valence-corrected chi connectivity index (χ1v) is 8.62. The van der Waals surface area contributed by atoms with E-state index in [9.17, 15) is 9.59 Å². The van der Waals surface area contributed by atoms with Gasteiger partial charge in [0.1, 0.15) is 5.82 Å². The molecule has 25 heavy (non-hydrogen) atoms. The lowest BCUT2D eigenvalue weighted by molar-refractivity contribution is -0.149. The smallest absolute Gasteiger partial charge is 0.306 e. The lowest BCUT2D eigenvalue weighted by atomic mass is 9.93. The molecular formula is C19H23N3O3. The number of ether oxygens (including phenoxy) is 1. The minimum atomic E-state index is -0.301. The molecule has 3 rings (SSSR count). The molecule has 1 amide bonds. The standard InChI is InChI=1S/C19H23N3O3/c1-20-17(23)13-25-18(24)12-14-7-10-22(11-8-14)19-16-5-3-2-4-15(16)6-9-21-19/h2-6,9,14H,7-8,10-13H2,1H3,(H,20,23). The average molecular weight is 341 g/mol. The number of pyridine rings is 1. The van der Waals surface area contributed by atoms with Crippen LogP contribution in [0.3, 0.4) is 0 Å². The summed E-state index contributed by atoms with van der Waals surface area (Å²) in [6, 6.07) is 10.3. The summed E-state index contributed by atoms with van der Waals surface area (Å²) in [5.41, 5.74) is 0. The Kier molecular flexibility index (Phi) is 5.48. The largest absolute Gasteiger partial charge is 0.456 e. The number of carbonyl (C=O) groups excluding carboxylic acids is 2. The molecule has 6 nitrogen and oxygen atoms in total. The van der Waals surface area contributed by atoms with Crippen molar-refractivity contribution in [3.63, 3.8) is 0 Å². The fraction of sp³-hybridized carbons (Fsp3) is 0.421. The first-order chi connectivity index (χ1) is 12.2. The number of anilines is 1. The molecule has 2 aromatic rings. The Labute approximate surface area is 147 Å². The van der Waals surface area contributed by atoms with E-state index < -0.39 is 0 Å². The monoisotopic (exact) mass is 341 g/mol. The van der Waals surface area contributed by atoms with E-state index in [1.54, 1.807) is 0 Å². The molecule has 1 N–H and O–H groups in total. The number of fused-ring (bicyclic) bond motifs is 1. The van der Waals surface area contributed by atoms with Crippen LogP contribution in [0.4, 0.5) is 5.82 Å². The topological polar surface area (TPSA) is 71.5 Å². The van der Waals surface area contributed by atoms with Crippen LogP contribution >= 0.6 is 0 Å². The van der Waals surface area contributed by atoms with E-state index in [1.807, 2.05) is 24.4 Å². The van der Waals surface area contributed by atoms with Crippen molar-refractivity contribution in [1.82, 2.24) is 10.3 Å². The van der Waals surface area contributed by atoms with E-state index >= 15 is 0 Å². The summed E-state index contributed by atoms with van der Waals surface area (Å²) in [5, 5.41) is 4.78. The number of nitrogens with zero attached hydrogens (tertiary/aromatic N) is 2. The lowest BCUT2D eigenvalue weighted by Crippen LogP contribution is -2.35. The number of likely N-dealkylation sites (N-methyl/N-ethyl adjacent to an activating group) is 1. The van der Waals surface area contributed by atoms with Gasteiger partial charge < -0.3 is 15.0 Å². The molecule has 1 aromatic heterocycles. The normalized spacial score (nSPS) is 15.2. The van der Waals surface area contributed by atoms with Crippen LogP contribution in [0.2, 0.25) is 0 Å². The van der Waals surface area contributed by atoms with Gasteiger partial charge in [0.05, 0.1) is 0 Å². The van der Waals surface area contributed by atoms with Gasteiger partial charge in [-0.3, -0.25) is 9.59 Å². The van der Waals surface area contributed by atoms with Gasteiger partial charge >= 0.3 is 5.97 Å². The van der Waals surface area contributed by atoms with Crippen molar-refractivity contribution in [2.24, 2.45) is 5.92 Å². The van der Waals surface area contributed by atoms with Crippen LogP contribution in [0.25, 0.3) is 10.8 Å². The van der Waals surface area contributed by atoms with Gasteiger partial charge in [0.2, 0.25) is 0 Å². The molecule has 0 aliphatic carbocycles. The minimum absolute atomic E-state index is 0.200. The Morgan fingerprint density at radius 2 is 2.00 bits per heavy atom. The van der Waals surface area contributed by atoms with Crippen LogP contribution in [0.15, 0.2) is 36.5 Å². The maximum absolute atomic E-state index is 11.8. The van der Waals surface area contributed by atoms with Crippen molar-refractivity contribution in [2.45, 2.75) is 19.3 Å². The van der Waals surface area contributed by atoms with Gasteiger partial charge in [-0.15, -0.1) is 0 Å². The van der Waals surface area contributed by atoms with E-state index in [-0.39, 0.29) is 18.5 Å². The molecule has 132 valence electrons. The summed E-state index contributed by atoms with van der Waals surface area (Å²) in [6.45, 7) is 1.54. The molecule has 1 saturated heterocycles. The highest BCUT2D eigenvalue weighted by Gasteiger charge is 2.24. The van der Waals surface area contributed by atoms with Crippen molar-refractivity contribution in [3.8, 4) is 0 Å². The number of piperidine rings is 1. The number of benzene rings is 1. The molecule has 0 bridgehead atoms. The first kappa shape index (κ1) is 17.2. The van der Waals surface area contributed by atoms with E-state index in [0.29, 0.717) is 12.3 Å². The van der Waals surface area contributed by atoms with Crippen molar-refractivity contribution in [1.29, 1.82) is 0 Å². The molecule has 1 aliphatic heterocycles. The molecule has 0 atom stereocenters. The van der Waals surface area contributed by atoms with Gasteiger partial charge in [0.25, 0.3) is 5.91 Å². The molecule has 0 unspecified atom stereocenters. The minimum Gasteiger partial charge on any atom is -0.456 e. The Balaban J connectivity index is 1.55. The zero-order chi connectivity index (χ0) is 17.6. The average Bonchev–Trinajstić information content (AvgIpc) is 2.66. The molecule has 0 spiro atoms. The fourth-order valence-electron chi connectivity index (χ4n) is 3.22. The maximum Gasteiger partial charge on any atom is 0.306 e. The van der Waals surface area contributed by atoms with Crippen LogP contribution in [-0.2, 0) is 14.3 Å². The molecule has 1 fully saturated rings. The van der Waals surface area contributed by atoms with Gasteiger partial charge in [-0.1, -0.05) is 24.3 Å². The summed E-state index contributed by atoms with van der Waals surface area (Å²) in [7, 11) is 1.52. The summed E-state index contributed by atoms with van der Waals surface area (Å²) in [4.78, 5) is 29.8. The van der Waals surface area contributed by atoms with Gasteiger partial charge in [-0.25, -0.2) is 4.98 Å². The summed E-state index contributed by atoms with van der Waals surface area (Å²) in [5.74, 6) is 0.720. The Hall–Kier alpha value is -2.63. The van der Waals surface area contributed by atoms with Crippen molar-refractivity contribution in [2.75, 3.05) is 31.6 Å². The SMILES string of the molecule is CNC(=O)COC(=O)CC1CCN(c2nccc3ccccc23)CC1. The molecule has 0 radical (unpaired) electrons. The van der Waals surface area contributed by atoms with Crippen LogP contribution in [0.5, 0.6) is 0 Å². The van der Waals surface area contributed by atoms with Gasteiger partial charge in [0, 0.05) is 38.1 Å². The zero-order valence-corrected chi connectivity index (χ0v) is 14.4. The van der Waals surface area contributed by atoms with Crippen molar-refractivity contribution in [3.05, 3.63) is 36.5 Å². The van der Waals surface area contributed by atoms with E-state index in [1.165, 1.54) is 12.4 Å². The van der Waals surface area contributed by atoms with Gasteiger partial charge in [-0.2, -0.15) is 0 Å². The van der Waals surface area contributed by atoms with Crippen LogP contribution < -0.4 is 10.2 Å². The Bertz CT molecular complexity index is 749. The fourth-order valence-corrected chi connectivity index (χ4v) is 3.22. The number of carbonyl (C=O) groups is 2. The van der Waals surface area contributed by atoms with Crippen LogP contribution in [-0.4, -0.2) is 43.6 Å². The highest BCUT2D eigenvalue weighted by molar-refractivity contribution is 5.92. The predicted octanol–water partition coefficient (Wildman–Crippen LogP) is 2.13. The highest BCUT2D eigenvalue weighted by Crippen LogP contribution is 2.29. The molecule has 6 heteroatoms. The molecule has 2 heterocycles. The molecular weight excluding hydrogens is 318 g/mol. The maximum atomic E-state index is 11.8. The second kappa shape index (κ2) is 7.96. The number of aromatic nitrogens is 1. The first-order valence-electron chi connectivity index (χ1n) is 8.62. The molecule has 0 saturated carbocycles. The van der Waals surface area contributed by atoms with Crippen LogP contribution in [0.1, 0.15) is 19.3 Å². The van der Waals surface area contributed by atoms with E-state index in [4.69, 9.17) is 4.74 Å². The van der Waals surface area contributed by atoms with Crippen LogP contribution in [0, 0.1) is 5.92 Å². The lowest BCUT2D eigenvalue weighted by Gasteiger charge is -2.33. The van der Waals surface area contributed by atoms with Gasteiger partial charge in [-0.05, 0) is 30.2 Å². The Morgan fingerprint density at radius 1 is 1.24 bits per heavy atom. The summed E-state index contributed by atoms with van der Waals surface area (Å²) in [6.07, 6.45) is 4.05. The zero-order valence-electron chi connectivity index (χ0n) is 14.4. The third-order valence-electron chi connectivity index (χ3n) is 4.67. The van der Waals surface area contributed by atoms with E-state index in [0.717, 1.165) is 37.1 Å². The number of amides is 1. The second-order valence-corrected chi connectivity index (χ2v) is 6.32. The van der Waals surface area contributed by atoms with E-state index in [2.05, 4.69) is 27.3 Å². The highest BCUT2D eigenvalue weighted by atomic mass is 16.5. The number of hydrogen-bond acceptors (Lipinski definition) is 5. The number of nitrogens with one attached hydrogen (secondary N) is 1. The predicted molar refractivity (Wildman–Crippen MR) is 96.3 cm³/mol. The third-order valence-corrected chi connectivity index (χ3v) is 4.67. The number of esters is 1. The van der Waals surface area contributed by atoms with Gasteiger partial charge in [0.15, 0.2) is 6.61 Å². The number of hydrogen-bond donors (Lipinski definition) is 1. The molecule has 1 aromatic carbocycles. The second-order valence-electron chi connectivity index (χ2n) is 6.32. The third kappa shape index (κ3) is 4.26. The number of rotatable bonds is 5. The summed E-state index contributed by atoms with van der Waals surface area (Å²) >= 11 is 0. The summed E-state index contributed by atoms with van der Waals surface area (Å²) < 4.78 is 4.99. The molecule has 1 aliphatic rings. The quantitative estimate of drug-likeness (QED) is 0.844. The van der Waals surface area contributed by atoms with Crippen molar-refractivity contribution < 1.29 is 14.3 Å². The Morgan fingerprint density at radius 3 is 2.76 bits per heavy atom.